The number of rotatable bonds is 8. The van der Waals surface area contributed by atoms with E-state index in [-0.39, 0.29) is 12.3 Å². The quantitative estimate of drug-likeness (QED) is 0.645. The van der Waals surface area contributed by atoms with Gasteiger partial charge in [0.05, 0.1) is 10.5 Å². The third-order valence-electron chi connectivity index (χ3n) is 3.12. The van der Waals surface area contributed by atoms with Crippen molar-refractivity contribution in [1.82, 2.24) is 4.72 Å². The van der Waals surface area contributed by atoms with Gasteiger partial charge in [0.25, 0.3) is 5.91 Å². The van der Waals surface area contributed by atoms with Crippen LogP contribution in [0.1, 0.15) is 25.8 Å². The van der Waals surface area contributed by atoms with Crippen LogP contribution in [0, 0.1) is 5.92 Å². The highest BCUT2D eigenvalue weighted by atomic mass is 32.2. The molecule has 7 nitrogen and oxygen atoms in total. The minimum Gasteiger partial charge on any atom is -0.454 e. The Morgan fingerprint density at radius 1 is 1.27 bits per heavy atom. The SMILES string of the molecule is CC(C)C[C@H](NS(=O)(=O)c1cccc(C(F)(F)F)c1)C(=O)OCC(N)=O. The summed E-state index contributed by atoms with van der Waals surface area (Å²) in [6.45, 7) is 2.67. The Kier molecular flexibility index (Phi) is 7.16. The Labute approximate surface area is 148 Å². The number of halogens is 3. The number of benzene rings is 1. The van der Waals surface area contributed by atoms with Gasteiger partial charge in [-0.15, -0.1) is 0 Å². The molecule has 0 saturated carbocycles. The standard InChI is InChI=1S/C15H19F3N2O5S/c1-9(2)6-12(14(22)25-8-13(19)21)20-26(23,24)11-5-3-4-10(7-11)15(16,17)18/h3-5,7,9,12,20H,6,8H2,1-2H3,(H2,19,21)/t12-/m0/s1. The zero-order valence-electron chi connectivity index (χ0n) is 14.0. The summed E-state index contributed by atoms with van der Waals surface area (Å²) in [6, 6.07) is 1.72. The number of esters is 1. The first-order chi connectivity index (χ1) is 11.8. The molecule has 0 bridgehead atoms. The van der Waals surface area contributed by atoms with E-state index < -0.39 is 51.2 Å². The molecule has 0 saturated heterocycles. The largest absolute Gasteiger partial charge is 0.454 e. The van der Waals surface area contributed by atoms with E-state index in [1.807, 2.05) is 4.72 Å². The van der Waals surface area contributed by atoms with Crippen LogP contribution in [0.4, 0.5) is 13.2 Å². The fraction of sp³-hybridized carbons (Fsp3) is 0.467. The highest BCUT2D eigenvalue weighted by molar-refractivity contribution is 7.89. The number of hydrogen-bond acceptors (Lipinski definition) is 5. The lowest BCUT2D eigenvalue weighted by Crippen LogP contribution is -2.43. The molecule has 11 heteroatoms. The van der Waals surface area contributed by atoms with Crippen molar-refractivity contribution in [3.63, 3.8) is 0 Å². The van der Waals surface area contributed by atoms with E-state index in [1.54, 1.807) is 13.8 Å². The number of carbonyl (C=O) groups excluding carboxylic acids is 2. The van der Waals surface area contributed by atoms with Crippen molar-refractivity contribution in [1.29, 1.82) is 0 Å². The van der Waals surface area contributed by atoms with Gasteiger partial charge in [0.2, 0.25) is 10.0 Å². The minimum absolute atomic E-state index is 0.00971. The van der Waals surface area contributed by atoms with Crippen molar-refractivity contribution in [2.24, 2.45) is 11.7 Å². The summed E-state index contributed by atoms with van der Waals surface area (Å²) in [6.07, 6.45) is -4.71. The summed E-state index contributed by atoms with van der Waals surface area (Å²) in [5.74, 6) is -2.12. The molecule has 1 aromatic rings. The average molecular weight is 396 g/mol. The summed E-state index contributed by atoms with van der Waals surface area (Å²) in [5.41, 5.74) is 3.71. The van der Waals surface area contributed by atoms with Gasteiger partial charge >= 0.3 is 12.1 Å². The zero-order chi connectivity index (χ0) is 20.1. The lowest BCUT2D eigenvalue weighted by molar-refractivity contribution is -0.149. The minimum atomic E-state index is -4.72. The topological polar surface area (TPSA) is 116 Å². The highest BCUT2D eigenvalue weighted by Crippen LogP contribution is 2.30. The van der Waals surface area contributed by atoms with E-state index in [0.717, 1.165) is 18.2 Å². The summed E-state index contributed by atoms with van der Waals surface area (Å²) in [7, 11) is -4.44. The smallest absolute Gasteiger partial charge is 0.416 e. The van der Waals surface area contributed by atoms with Gasteiger partial charge in [0.1, 0.15) is 6.04 Å². The maximum absolute atomic E-state index is 12.8. The number of hydrogen-bond donors (Lipinski definition) is 2. The lowest BCUT2D eigenvalue weighted by Gasteiger charge is -2.19. The van der Waals surface area contributed by atoms with Crippen molar-refractivity contribution in [3.8, 4) is 0 Å². The molecule has 0 radical (unpaired) electrons. The van der Waals surface area contributed by atoms with Crippen LogP contribution in [0.15, 0.2) is 29.2 Å². The number of sulfonamides is 1. The molecule has 26 heavy (non-hydrogen) atoms. The first-order valence-electron chi connectivity index (χ1n) is 7.47. The Morgan fingerprint density at radius 2 is 1.88 bits per heavy atom. The van der Waals surface area contributed by atoms with Crippen LogP contribution in [0.25, 0.3) is 0 Å². The molecule has 1 amide bonds. The number of primary amides is 1. The first-order valence-corrected chi connectivity index (χ1v) is 8.95. The molecule has 0 spiro atoms. The van der Waals surface area contributed by atoms with Gasteiger partial charge in [-0.2, -0.15) is 17.9 Å². The van der Waals surface area contributed by atoms with E-state index in [9.17, 15) is 31.2 Å². The van der Waals surface area contributed by atoms with Gasteiger partial charge in [-0.25, -0.2) is 8.42 Å². The van der Waals surface area contributed by atoms with Gasteiger partial charge in [-0.1, -0.05) is 19.9 Å². The third-order valence-corrected chi connectivity index (χ3v) is 4.59. The summed E-state index contributed by atoms with van der Waals surface area (Å²) in [4.78, 5) is 22.0. The van der Waals surface area contributed by atoms with Crippen LogP contribution in [0.3, 0.4) is 0 Å². The van der Waals surface area contributed by atoms with Crippen LogP contribution in [0.2, 0.25) is 0 Å². The van der Waals surface area contributed by atoms with E-state index in [0.29, 0.717) is 6.07 Å². The number of nitrogens with two attached hydrogens (primary N) is 1. The molecule has 0 aliphatic rings. The van der Waals surface area contributed by atoms with Crippen LogP contribution in [-0.2, 0) is 30.5 Å². The molecule has 0 aromatic heterocycles. The first kappa shape index (κ1) is 21.9. The number of carbonyl (C=O) groups is 2. The Morgan fingerprint density at radius 3 is 2.38 bits per heavy atom. The van der Waals surface area contributed by atoms with E-state index in [2.05, 4.69) is 4.74 Å². The van der Waals surface area contributed by atoms with E-state index in [4.69, 9.17) is 5.73 Å². The molecule has 3 N–H and O–H groups in total. The molecule has 0 heterocycles. The molecule has 0 aliphatic carbocycles. The molecule has 1 atom stereocenters. The molecule has 146 valence electrons. The summed E-state index contributed by atoms with van der Waals surface area (Å²) < 4.78 is 69.6. The summed E-state index contributed by atoms with van der Waals surface area (Å²) in [5, 5.41) is 0. The monoisotopic (exact) mass is 396 g/mol. The molecule has 0 fully saturated rings. The average Bonchev–Trinajstić information content (AvgIpc) is 2.50. The second-order valence-corrected chi connectivity index (χ2v) is 7.62. The Balaban J connectivity index is 3.08. The van der Waals surface area contributed by atoms with Gasteiger partial charge in [0.15, 0.2) is 6.61 Å². The summed E-state index contributed by atoms with van der Waals surface area (Å²) >= 11 is 0. The predicted molar refractivity (Wildman–Crippen MR) is 85.2 cm³/mol. The molecular formula is C15H19F3N2O5S. The van der Waals surface area contributed by atoms with Gasteiger partial charge < -0.3 is 10.5 Å². The number of ether oxygens (including phenoxy) is 1. The fourth-order valence-corrected chi connectivity index (χ4v) is 3.24. The normalized spacial score (nSPS) is 13.5. The number of alkyl halides is 3. The van der Waals surface area contributed by atoms with Crippen LogP contribution >= 0.6 is 0 Å². The molecular weight excluding hydrogens is 377 g/mol. The second kappa shape index (κ2) is 8.49. The second-order valence-electron chi connectivity index (χ2n) is 5.90. The van der Waals surface area contributed by atoms with Crippen molar-refractivity contribution in [2.45, 2.75) is 37.4 Å². The van der Waals surface area contributed by atoms with Gasteiger partial charge in [-0.3, -0.25) is 9.59 Å². The van der Waals surface area contributed by atoms with Crippen LogP contribution < -0.4 is 10.5 Å². The number of nitrogens with one attached hydrogen (secondary N) is 1. The Bertz CT molecular complexity index is 763. The van der Waals surface area contributed by atoms with E-state index >= 15 is 0 Å². The van der Waals surface area contributed by atoms with Crippen molar-refractivity contribution in [3.05, 3.63) is 29.8 Å². The molecule has 0 aliphatic heterocycles. The van der Waals surface area contributed by atoms with Crippen molar-refractivity contribution in [2.75, 3.05) is 6.61 Å². The maximum Gasteiger partial charge on any atom is 0.416 e. The predicted octanol–water partition coefficient (Wildman–Crippen LogP) is 1.43. The van der Waals surface area contributed by atoms with Crippen LogP contribution in [-0.4, -0.2) is 32.9 Å². The van der Waals surface area contributed by atoms with Crippen LogP contribution in [0.5, 0.6) is 0 Å². The van der Waals surface area contributed by atoms with Crippen molar-refractivity contribution < 1.29 is 35.9 Å². The number of amides is 1. The lowest BCUT2D eigenvalue weighted by atomic mass is 10.1. The third kappa shape index (κ3) is 6.64. The molecule has 0 unspecified atom stereocenters. The fourth-order valence-electron chi connectivity index (χ4n) is 2.00. The Hall–Kier alpha value is -2.14. The highest BCUT2D eigenvalue weighted by Gasteiger charge is 2.33. The van der Waals surface area contributed by atoms with E-state index in [1.165, 1.54) is 0 Å². The maximum atomic E-state index is 12.8. The van der Waals surface area contributed by atoms with Gasteiger partial charge in [-0.05, 0) is 30.5 Å². The van der Waals surface area contributed by atoms with Crippen molar-refractivity contribution >= 4 is 21.9 Å². The molecule has 1 rings (SSSR count). The zero-order valence-corrected chi connectivity index (χ0v) is 14.9. The molecule has 1 aromatic carbocycles. The van der Waals surface area contributed by atoms with Gasteiger partial charge in [0, 0.05) is 0 Å².